The number of rotatable bonds is 0. The summed E-state index contributed by atoms with van der Waals surface area (Å²) in [6.07, 6.45) is 8.09. The fourth-order valence-corrected chi connectivity index (χ4v) is 0.579. The summed E-state index contributed by atoms with van der Waals surface area (Å²) in [5.41, 5.74) is 1.33. The molecule has 0 saturated carbocycles. The lowest BCUT2D eigenvalue weighted by molar-refractivity contribution is 0.470. The summed E-state index contributed by atoms with van der Waals surface area (Å²) < 4.78 is 0. The van der Waals surface area contributed by atoms with E-state index in [-0.39, 0.29) is 0 Å². The topological polar surface area (TPSA) is 46.8 Å². The Morgan fingerprint density at radius 3 is 2.22 bits per heavy atom. The van der Waals surface area contributed by atoms with Gasteiger partial charge in [-0.2, -0.15) is 0 Å². The average molecular weight is 122 g/mol. The summed E-state index contributed by atoms with van der Waals surface area (Å²) in [7, 11) is 0. The number of nitrogens with one attached hydrogen (secondary N) is 1. The van der Waals surface area contributed by atoms with Crippen molar-refractivity contribution in [3.63, 3.8) is 0 Å². The summed E-state index contributed by atoms with van der Waals surface area (Å²) >= 11 is 0. The highest BCUT2D eigenvalue weighted by molar-refractivity contribution is 6.03. The first-order chi connectivity index (χ1) is 4.33. The zero-order valence-electron chi connectivity index (χ0n) is 4.89. The molecule has 0 aliphatic heterocycles. The molecule has 9 heavy (non-hydrogen) atoms. The molecule has 1 aliphatic rings. The van der Waals surface area contributed by atoms with Crippen LogP contribution in [-0.2, 0) is 0 Å². The smallest absolute Gasteiger partial charge is 0.223 e. The van der Waals surface area contributed by atoms with Crippen molar-refractivity contribution in [1.82, 2.24) is 0 Å². The van der Waals surface area contributed by atoms with Crippen molar-refractivity contribution in [3.8, 4) is 0 Å². The first-order valence-electron chi connectivity index (χ1n) is 2.65. The van der Waals surface area contributed by atoms with Crippen LogP contribution in [0.1, 0.15) is 0 Å². The highest BCUT2D eigenvalue weighted by Gasteiger charge is 1.94. The maximum Gasteiger partial charge on any atom is 0.223 e. The zero-order chi connectivity index (χ0) is 6.69. The number of allylic oxidation sites excluding steroid dienone is 5. The standard InChI is InChI=1S/C7H7NO/c8-7-3-1-6(5-9)2-4-7/h1-5,8-9H/p+1. The van der Waals surface area contributed by atoms with Crippen LogP contribution in [0.25, 0.3) is 0 Å². The van der Waals surface area contributed by atoms with Gasteiger partial charge >= 0.3 is 0 Å². The molecule has 0 aromatic heterocycles. The van der Waals surface area contributed by atoms with E-state index in [1.807, 2.05) is 0 Å². The van der Waals surface area contributed by atoms with E-state index >= 15 is 0 Å². The summed E-state index contributed by atoms with van der Waals surface area (Å²) in [5, 5.41) is 13.9. The first kappa shape index (κ1) is 5.82. The van der Waals surface area contributed by atoms with Gasteiger partial charge in [-0.05, 0) is 24.3 Å². The van der Waals surface area contributed by atoms with Gasteiger partial charge in [-0.15, -0.1) is 0 Å². The molecule has 0 fully saturated rings. The molecule has 1 rings (SSSR count). The molecule has 1 aliphatic carbocycles. The SMILES string of the molecule is N=C1C=CC(=C[OH2+])C=C1. The molecule has 46 valence electrons. The van der Waals surface area contributed by atoms with Crippen molar-refractivity contribution in [2.24, 2.45) is 0 Å². The minimum Gasteiger partial charge on any atom is -0.598 e. The van der Waals surface area contributed by atoms with E-state index in [9.17, 15) is 0 Å². The lowest BCUT2D eigenvalue weighted by Gasteiger charge is -1.94. The number of hydrogen-bond donors (Lipinski definition) is 1. The van der Waals surface area contributed by atoms with Crippen molar-refractivity contribution < 1.29 is 5.11 Å². The van der Waals surface area contributed by atoms with Gasteiger partial charge in [-0.3, -0.25) is 0 Å². The average Bonchev–Trinajstić information content (AvgIpc) is 1.90. The van der Waals surface area contributed by atoms with Crippen molar-refractivity contribution in [1.29, 1.82) is 5.41 Å². The molecule has 0 unspecified atom stereocenters. The quantitative estimate of drug-likeness (QED) is 0.364. The first-order valence-corrected chi connectivity index (χ1v) is 2.65. The van der Waals surface area contributed by atoms with E-state index in [1.165, 1.54) is 6.26 Å². The van der Waals surface area contributed by atoms with Crippen molar-refractivity contribution in [2.75, 3.05) is 0 Å². The monoisotopic (exact) mass is 122 g/mol. The Labute approximate surface area is 53.3 Å². The van der Waals surface area contributed by atoms with Gasteiger partial charge in [-0.25, -0.2) is 0 Å². The van der Waals surface area contributed by atoms with Crippen LogP contribution in [0, 0.1) is 5.41 Å². The van der Waals surface area contributed by atoms with Crippen LogP contribution in [0.5, 0.6) is 0 Å². The third-order valence-electron chi connectivity index (χ3n) is 1.08. The molecule has 0 heterocycles. The Morgan fingerprint density at radius 1 is 1.22 bits per heavy atom. The van der Waals surface area contributed by atoms with Gasteiger partial charge in [0.1, 0.15) is 0 Å². The van der Waals surface area contributed by atoms with Crippen LogP contribution in [-0.4, -0.2) is 10.8 Å². The van der Waals surface area contributed by atoms with Gasteiger partial charge in [0.15, 0.2) is 0 Å². The molecular formula is C7H8NO+. The second-order valence-corrected chi connectivity index (χ2v) is 1.77. The predicted octanol–water partition coefficient (Wildman–Crippen LogP) is 0.741. The Hall–Kier alpha value is -1.31. The van der Waals surface area contributed by atoms with E-state index in [0.717, 1.165) is 5.57 Å². The maximum atomic E-state index is 7.09. The highest BCUT2D eigenvalue weighted by atomic mass is 16.2. The molecule has 2 nitrogen and oxygen atoms in total. The van der Waals surface area contributed by atoms with Gasteiger partial charge in [0.2, 0.25) is 6.26 Å². The third-order valence-corrected chi connectivity index (χ3v) is 1.08. The van der Waals surface area contributed by atoms with Crippen LogP contribution >= 0.6 is 0 Å². The minimum absolute atomic E-state index is 0.487. The normalized spacial score (nSPS) is 16.4. The summed E-state index contributed by atoms with van der Waals surface area (Å²) in [4.78, 5) is 0. The summed E-state index contributed by atoms with van der Waals surface area (Å²) in [6, 6.07) is 0. The molecule has 0 bridgehead atoms. The molecule has 0 aromatic rings. The molecule has 2 heteroatoms. The fraction of sp³-hybridized carbons (Fsp3) is 0. The zero-order valence-corrected chi connectivity index (χ0v) is 4.89. The molecule has 0 saturated heterocycles. The van der Waals surface area contributed by atoms with Crippen molar-refractivity contribution in [2.45, 2.75) is 0 Å². The maximum absolute atomic E-state index is 7.09. The Morgan fingerprint density at radius 2 is 1.78 bits per heavy atom. The molecule has 0 aromatic carbocycles. The second-order valence-electron chi connectivity index (χ2n) is 1.77. The van der Waals surface area contributed by atoms with Gasteiger partial charge in [0.25, 0.3) is 0 Å². The molecule has 0 atom stereocenters. The molecule has 0 amide bonds. The van der Waals surface area contributed by atoms with Crippen molar-refractivity contribution in [3.05, 3.63) is 36.1 Å². The fourth-order valence-electron chi connectivity index (χ4n) is 0.579. The summed E-state index contributed by atoms with van der Waals surface area (Å²) in [6.45, 7) is 0. The minimum atomic E-state index is 0.487. The lowest BCUT2D eigenvalue weighted by Crippen LogP contribution is -1.89. The molecule has 0 radical (unpaired) electrons. The number of hydrogen-bond acceptors (Lipinski definition) is 1. The molecular weight excluding hydrogens is 114 g/mol. The van der Waals surface area contributed by atoms with E-state index in [0.29, 0.717) is 5.71 Å². The Bertz CT molecular complexity index is 193. The van der Waals surface area contributed by atoms with Crippen LogP contribution in [0.4, 0.5) is 0 Å². The Balaban J connectivity index is 2.82. The van der Waals surface area contributed by atoms with Gasteiger partial charge in [0.05, 0.1) is 11.3 Å². The van der Waals surface area contributed by atoms with Crippen LogP contribution in [0.15, 0.2) is 36.1 Å². The van der Waals surface area contributed by atoms with E-state index in [2.05, 4.69) is 0 Å². The third kappa shape index (κ3) is 1.29. The van der Waals surface area contributed by atoms with Gasteiger partial charge in [-0.1, -0.05) is 0 Å². The van der Waals surface area contributed by atoms with Crippen LogP contribution < -0.4 is 0 Å². The molecule has 0 spiro atoms. The van der Waals surface area contributed by atoms with Crippen molar-refractivity contribution >= 4 is 5.71 Å². The van der Waals surface area contributed by atoms with E-state index in [4.69, 9.17) is 10.5 Å². The van der Waals surface area contributed by atoms with Crippen LogP contribution in [0.3, 0.4) is 0 Å². The van der Waals surface area contributed by atoms with Crippen LogP contribution in [0.2, 0.25) is 0 Å². The van der Waals surface area contributed by atoms with E-state index < -0.39 is 0 Å². The second kappa shape index (κ2) is 2.31. The molecule has 3 N–H and O–H groups in total. The van der Waals surface area contributed by atoms with E-state index in [1.54, 1.807) is 24.3 Å². The highest BCUT2D eigenvalue weighted by Crippen LogP contribution is 2.03. The van der Waals surface area contributed by atoms with Gasteiger partial charge < -0.3 is 10.5 Å². The Kier molecular flexibility index (Phi) is 1.49. The largest absolute Gasteiger partial charge is 0.598 e. The lowest BCUT2D eigenvalue weighted by atomic mass is 10.1. The van der Waals surface area contributed by atoms with Gasteiger partial charge in [0, 0.05) is 0 Å². The summed E-state index contributed by atoms with van der Waals surface area (Å²) in [5.74, 6) is 0. The predicted molar refractivity (Wildman–Crippen MR) is 37.7 cm³/mol.